The fourth-order valence-electron chi connectivity index (χ4n) is 1.49. The molecule has 0 bridgehead atoms. The second-order valence-electron chi connectivity index (χ2n) is 3.52. The molecule has 1 rings (SSSR count). The summed E-state index contributed by atoms with van der Waals surface area (Å²) in [6.07, 6.45) is 2.52. The molecule has 0 spiro atoms. The van der Waals surface area contributed by atoms with Gasteiger partial charge in [0.2, 0.25) is 0 Å². The van der Waals surface area contributed by atoms with Crippen molar-refractivity contribution in [2.75, 3.05) is 19.6 Å². The van der Waals surface area contributed by atoms with E-state index in [1.807, 2.05) is 0 Å². The first-order chi connectivity index (χ1) is 5.74. The van der Waals surface area contributed by atoms with Crippen molar-refractivity contribution < 1.29 is 0 Å². The minimum Gasteiger partial charge on any atom is -0.325 e. The Balaban J connectivity index is 2.24. The normalized spacial score (nSPS) is 23.8. The summed E-state index contributed by atoms with van der Waals surface area (Å²) >= 11 is 0. The van der Waals surface area contributed by atoms with Gasteiger partial charge in [0, 0.05) is 12.6 Å². The summed E-state index contributed by atoms with van der Waals surface area (Å²) in [5, 5.41) is 2.93. The fraction of sp³-hybridized carbons (Fsp3) is 1.00. The minimum absolute atomic E-state index is 0.0967. The summed E-state index contributed by atoms with van der Waals surface area (Å²) < 4.78 is 0. The molecule has 1 heterocycles. The van der Waals surface area contributed by atoms with Gasteiger partial charge in [-0.3, -0.25) is 0 Å². The second kappa shape index (κ2) is 4.52. The number of rotatable bonds is 4. The smallest absolute Gasteiger partial charge is 0.105 e. The van der Waals surface area contributed by atoms with Gasteiger partial charge < -0.3 is 10.6 Å². The topological polar surface area (TPSA) is 58.7 Å². The Bertz CT molecular complexity index is 145. The molecule has 0 radical (unpaired) electrons. The van der Waals surface area contributed by atoms with Crippen molar-refractivity contribution >= 4 is 0 Å². The molecule has 1 saturated heterocycles. The maximum Gasteiger partial charge on any atom is 0.105 e. The lowest BCUT2D eigenvalue weighted by atomic mass is 10.1. The molecular formula is C8H17N3O. The van der Waals surface area contributed by atoms with E-state index in [1.54, 1.807) is 6.92 Å². The van der Waals surface area contributed by atoms with Crippen LogP contribution in [-0.4, -0.2) is 36.6 Å². The van der Waals surface area contributed by atoms with Gasteiger partial charge in [0.1, 0.15) is 6.04 Å². The van der Waals surface area contributed by atoms with E-state index in [-0.39, 0.29) is 12.1 Å². The number of hydrogen-bond acceptors (Lipinski definition) is 4. The second-order valence-corrected chi connectivity index (χ2v) is 3.52. The highest BCUT2D eigenvalue weighted by atomic mass is 16.3. The molecule has 2 atom stereocenters. The predicted molar refractivity (Wildman–Crippen MR) is 48.9 cm³/mol. The highest BCUT2D eigenvalue weighted by molar-refractivity contribution is 4.80. The molecule has 2 N–H and O–H groups in total. The van der Waals surface area contributed by atoms with Crippen molar-refractivity contribution in [1.82, 2.24) is 4.90 Å². The van der Waals surface area contributed by atoms with Crippen molar-refractivity contribution in [3.63, 3.8) is 0 Å². The van der Waals surface area contributed by atoms with E-state index in [0.29, 0.717) is 0 Å². The van der Waals surface area contributed by atoms with Crippen molar-refractivity contribution in [1.29, 1.82) is 0 Å². The Kier molecular flexibility index (Phi) is 3.62. The SMILES string of the molecule is CC(N=O)C(N)CN1CCCC1. The monoisotopic (exact) mass is 171 g/mol. The first-order valence-corrected chi connectivity index (χ1v) is 4.54. The molecule has 0 amide bonds. The van der Waals surface area contributed by atoms with Crippen molar-refractivity contribution in [2.45, 2.75) is 31.8 Å². The van der Waals surface area contributed by atoms with Crippen molar-refractivity contribution in [2.24, 2.45) is 10.9 Å². The van der Waals surface area contributed by atoms with Gasteiger partial charge in [-0.2, -0.15) is 4.91 Å². The number of nitrogens with two attached hydrogens (primary N) is 1. The average molecular weight is 171 g/mol. The van der Waals surface area contributed by atoms with Gasteiger partial charge in [0.15, 0.2) is 0 Å². The highest BCUT2D eigenvalue weighted by Crippen LogP contribution is 2.08. The van der Waals surface area contributed by atoms with Gasteiger partial charge in [-0.25, -0.2) is 0 Å². The summed E-state index contributed by atoms with van der Waals surface area (Å²) in [5.74, 6) is 0. The van der Waals surface area contributed by atoms with Crippen LogP contribution in [0.15, 0.2) is 5.18 Å². The molecule has 1 aliphatic heterocycles. The Morgan fingerprint density at radius 1 is 1.50 bits per heavy atom. The van der Waals surface area contributed by atoms with E-state index in [9.17, 15) is 4.91 Å². The van der Waals surface area contributed by atoms with Gasteiger partial charge in [-0.1, -0.05) is 5.18 Å². The largest absolute Gasteiger partial charge is 0.325 e. The first kappa shape index (κ1) is 9.61. The first-order valence-electron chi connectivity index (χ1n) is 4.54. The number of hydrogen-bond donors (Lipinski definition) is 1. The third kappa shape index (κ3) is 2.53. The van der Waals surface area contributed by atoms with Crippen LogP contribution in [0.2, 0.25) is 0 Å². The van der Waals surface area contributed by atoms with Crippen LogP contribution in [-0.2, 0) is 0 Å². The molecular weight excluding hydrogens is 154 g/mol. The molecule has 4 heteroatoms. The van der Waals surface area contributed by atoms with Crippen LogP contribution in [0.25, 0.3) is 0 Å². The maximum absolute atomic E-state index is 10.2. The zero-order chi connectivity index (χ0) is 8.97. The van der Waals surface area contributed by atoms with Crippen LogP contribution in [0, 0.1) is 4.91 Å². The minimum atomic E-state index is -0.259. The van der Waals surface area contributed by atoms with Crippen LogP contribution in [0.5, 0.6) is 0 Å². The molecule has 0 aromatic carbocycles. The van der Waals surface area contributed by atoms with Crippen LogP contribution in [0.4, 0.5) is 0 Å². The van der Waals surface area contributed by atoms with Crippen LogP contribution in [0.1, 0.15) is 19.8 Å². The molecule has 0 aromatic heterocycles. The summed E-state index contributed by atoms with van der Waals surface area (Å²) in [5.41, 5.74) is 5.77. The third-order valence-corrected chi connectivity index (χ3v) is 2.45. The van der Waals surface area contributed by atoms with Gasteiger partial charge in [-0.15, -0.1) is 0 Å². The average Bonchev–Trinajstić information content (AvgIpc) is 2.55. The molecule has 0 aromatic rings. The summed E-state index contributed by atoms with van der Waals surface area (Å²) in [4.78, 5) is 12.5. The molecule has 1 fully saturated rings. The summed E-state index contributed by atoms with van der Waals surface area (Å²) in [6, 6.07) is -0.355. The Labute approximate surface area is 73.1 Å². The lowest BCUT2D eigenvalue weighted by molar-refractivity contribution is 0.300. The van der Waals surface area contributed by atoms with E-state index in [4.69, 9.17) is 5.73 Å². The third-order valence-electron chi connectivity index (χ3n) is 2.45. The van der Waals surface area contributed by atoms with Gasteiger partial charge in [0.05, 0.1) is 0 Å². The van der Waals surface area contributed by atoms with Gasteiger partial charge in [0.25, 0.3) is 0 Å². The number of nitrogens with zero attached hydrogens (tertiary/aromatic N) is 2. The standard InChI is InChI=1S/C8H17N3O/c1-7(10-12)8(9)6-11-4-2-3-5-11/h7-8H,2-6,9H2,1H3. The molecule has 4 nitrogen and oxygen atoms in total. The zero-order valence-corrected chi connectivity index (χ0v) is 7.57. The number of likely N-dealkylation sites (tertiary alicyclic amines) is 1. The van der Waals surface area contributed by atoms with E-state index in [0.717, 1.165) is 19.6 Å². The van der Waals surface area contributed by atoms with E-state index < -0.39 is 0 Å². The Hall–Kier alpha value is -0.480. The molecule has 0 aliphatic carbocycles. The maximum atomic E-state index is 10.2. The molecule has 70 valence electrons. The van der Waals surface area contributed by atoms with E-state index in [2.05, 4.69) is 10.1 Å². The van der Waals surface area contributed by atoms with Crippen molar-refractivity contribution in [3.8, 4) is 0 Å². The van der Waals surface area contributed by atoms with Crippen LogP contribution >= 0.6 is 0 Å². The van der Waals surface area contributed by atoms with Gasteiger partial charge in [-0.05, 0) is 32.9 Å². The molecule has 1 aliphatic rings. The zero-order valence-electron chi connectivity index (χ0n) is 7.57. The quantitative estimate of drug-likeness (QED) is 0.629. The van der Waals surface area contributed by atoms with E-state index in [1.165, 1.54) is 12.8 Å². The summed E-state index contributed by atoms with van der Waals surface area (Å²) in [7, 11) is 0. The van der Waals surface area contributed by atoms with Crippen LogP contribution < -0.4 is 5.73 Å². The predicted octanol–water partition coefficient (Wildman–Crippen LogP) is 0.564. The van der Waals surface area contributed by atoms with Gasteiger partial charge >= 0.3 is 0 Å². The molecule has 12 heavy (non-hydrogen) atoms. The lowest BCUT2D eigenvalue weighted by Crippen LogP contribution is -2.42. The molecule has 0 saturated carbocycles. The highest BCUT2D eigenvalue weighted by Gasteiger charge is 2.19. The lowest BCUT2D eigenvalue weighted by Gasteiger charge is -2.21. The summed E-state index contributed by atoms with van der Waals surface area (Å²) in [6.45, 7) is 4.83. The molecule has 2 unspecified atom stereocenters. The van der Waals surface area contributed by atoms with Crippen molar-refractivity contribution in [3.05, 3.63) is 4.91 Å². The number of nitroso groups, excluding NO2 is 1. The van der Waals surface area contributed by atoms with E-state index >= 15 is 0 Å². The fourth-order valence-corrected chi connectivity index (χ4v) is 1.49. The Morgan fingerprint density at radius 2 is 2.08 bits per heavy atom. The van der Waals surface area contributed by atoms with Crippen LogP contribution in [0.3, 0.4) is 0 Å². The Morgan fingerprint density at radius 3 is 2.58 bits per heavy atom.